The van der Waals surface area contributed by atoms with Crippen molar-refractivity contribution in [2.24, 2.45) is 0 Å². The summed E-state index contributed by atoms with van der Waals surface area (Å²) in [5.74, 6) is 0.742. The third kappa shape index (κ3) is 4.12. The highest BCUT2D eigenvalue weighted by atomic mass is 32.2. The molecule has 36 heavy (non-hydrogen) atoms. The highest BCUT2D eigenvalue weighted by Crippen LogP contribution is 2.33. The fourth-order valence-electron chi connectivity index (χ4n) is 4.74. The van der Waals surface area contributed by atoms with E-state index in [0.29, 0.717) is 30.0 Å². The topological polar surface area (TPSA) is 75.2 Å². The van der Waals surface area contributed by atoms with Gasteiger partial charge < -0.3 is 5.32 Å². The third-order valence-electron chi connectivity index (χ3n) is 6.55. The molecule has 0 saturated carbocycles. The van der Waals surface area contributed by atoms with Crippen LogP contribution in [0.5, 0.6) is 0 Å². The first-order valence-corrected chi connectivity index (χ1v) is 13.3. The van der Waals surface area contributed by atoms with Crippen molar-refractivity contribution in [3.8, 4) is 11.1 Å². The number of hydrogen-bond acceptors (Lipinski definition) is 5. The van der Waals surface area contributed by atoms with Gasteiger partial charge in [-0.25, -0.2) is 13.4 Å². The van der Waals surface area contributed by atoms with Crippen LogP contribution >= 0.6 is 0 Å². The van der Waals surface area contributed by atoms with E-state index in [1.807, 2.05) is 78.9 Å². The van der Waals surface area contributed by atoms with Crippen LogP contribution in [0.2, 0.25) is 0 Å². The SMILES string of the molecule is O=S(=O)(c1ccccc1-c1ccccc1)N1CCc2c(ccnc2Nc2cnc3ccccc3c2)C1. The van der Waals surface area contributed by atoms with Crippen molar-refractivity contribution in [1.82, 2.24) is 14.3 Å². The van der Waals surface area contributed by atoms with Crippen LogP contribution in [0.1, 0.15) is 11.1 Å². The number of fused-ring (bicyclic) bond motifs is 2. The number of sulfonamides is 1. The predicted octanol–water partition coefficient (Wildman–Crippen LogP) is 5.79. The molecule has 0 atom stereocenters. The molecule has 5 aromatic rings. The van der Waals surface area contributed by atoms with Crippen molar-refractivity contribution >= 4 is 32.4 Å². The minimum absolute atomic E-state index is 0.300. The molecule has 6 nitrogen and oxygen atoms in total. The second-order valence-corrected chi connectivity index (χ2v) is 10.7. The van der Waals surface area contributed by atoms with Crippen molar-refractivity contribution in [1.29, 1.82) is 0 Å². The number of anilines is 2. The largest absolute Gasteiger partial charge is 0.339 e. The second-order valence-electron chi connectivity index (χ2n) is 8.79. The average molecular weight is 493 g/mol. The van der Waals surface area contributed by atoms with Crippen LogP contribution in [0.25, 0.3) is 22.0 Å². The Morgan fingerprint density at radius 2 is 1.61 bits per heavy atom. The zero-order valence-corrected chi connectivity index (χ0v) is 20.3. The molecule has 0 fully saturated rings. The number of benzene rings is 3. The Balaban J connectivity index is 1.30. The predicted molar refractivity (Wildman–Crippen MR) is 142 cm³/mol. The lowest BCUT2D eigenvalue weighted by Gasteiger charge is -2.29. The van der Waals surface area contributed by atoms with Crippen LogP contribution in [0.15, 0.2) is 108 Å². The van der Waals surface area contributed by atoms with Crippen molar-refractivity contribution < 1.29 is 8.42 Å². The second kappa shape index (κ2) is 9.18. The summed E-state index contributed by atoms with van der Waals surface area (Å²) in [7, 11) is -3.70. The van der Waals surface area contributed by atoms with Crippen molar-refractivity contribution in [2.75, 3.05) is 11.9 Å². The van der Waals surface area contributed by atoms with Gasteiger partial charge in [-0.15, -0.1) is 0 Å². The van der Waals surface area contributed by atoms with E-state index in [4.69, 9.17) is 0 Å². The Morgan fingerprint density at radius 3 is 2.50 bits per heavy atom. The molecule has 0 unspecified atom stereocenters. The van der Waals surface area contributed by atoms with Gasteiger partial charge in [-0.2, -0.15) is 4.31 Å². The Bertz CT molecular complexity index is 1670. The summed E-state index contributed by atoms with van der Waals surface area (Å²) < 4.78 is 29.1. The summed E-state index contributed by atoms with van der Waals surface area (Å²) in [6.07, 6.45) is 4.09. The first-order valence-electron chi connectivity index (χ1n) is 11.8. The fraction of sp³-hybridized carbons (Fsp3) is 0.103. The van der Waals surface area contributed by atoms with E-state index in [1.165, 1.54) is 0 Å². The highest BCUT2D eigenvalue weighted by Gasteiger charge is 2.31. The van der Waals surface area contributed by atoms with E-state index in [2.05, 4.69) is 15.3 Å². The first kappa shape index (κ1) is 22.4. The van der Waals surface area contributed by atoms with Gasteiger partial charge >= 0.3 is 0 Å². The fourth-order valence-corrected chi connectivity index (χ4v) is 6.37. The van der Waals surface area contributed by atoms with Gasteiger partial charge in [-0.3, -0.25) is 4.98 Å². The van der Waals surface area contributed by atoms with Gasteiger partial charge in [0.15, 0.2) is 0 Å². The molecule has 0 bridgehead atoms. The summed E-state index contributed by atoms with van der Waals surface area (Å²) in [6.45, 7) is 0.683. The maximum absolute atomic E-state index is 13.8. The number of nitrogens with one attached hydrogen (secondary N) is 1. The average Bonchev–Trinajstić information content (AvgIpc) is 2.93. The minimum Gasteiger partial charge on any atom is -0.339 e. The zero-order chi connectivity index (χ0) is 24.5. The maximum Gasteiger partial charge on any atom is 0.244 e. The van der Waals surface area contributed by atoms with Gasteiger partial charge in [0.1, 0.15) is 5.82 Å². The van der Waals surface area contributed by atoms with E-state index in [1.54, 1.807) is 28.8 Å². The summed E-state index contributed by atoms with van der Waals surface area (Å²) in [5.41, 5.74) is 5.37. The lowest BCUT2D eigenvalue weighted by molar-refractivity contribution is 0.391. The number of pyridine rings is 2. The minimum atomic E-state index is -3.70. The molecule has 0 spiro atoms. The molecule has 3 aromatic carbocycles. The lowest BCUT2D eigenvalue weighted by Crippen LogP contribution is -2.36. The molecule has 3 heterocycles. The molecule has 1 aliphatic heterocycles. The van der Waals surface area contributed by atoms with E-state index in [-0.39, 0.29) is 0 Å². The van der Waals surface area contributed by atoms with Crippen LogP contribution in [-0.2, 0) is 23.0 Å². The summed E-state index contributed by atoms with van der Waals surface area (Å²) in [5, 5.41) is 4.44. The van der Waals surface area contributed by atoms with Crippen molar-refractivity contribution in [3.63, 3.8) is 0 Å². The monoisotopic (exact) mass is 492 g/mol. The molecular weight excluding hydrogens is 468 g/mol. The summed E-state index contributed by atoms with van der Waals surface area (Å²) >= 11 is 0. The quantitative estimate of drug-likeness (QED) is 0.336. The van der Waals surface area contributed by atoms with Crippen molar-refractivity contribution in [2.45, 2.75) is 17.9 Å². The van der Waals surface area contributed by atoms with Crippen LogP contribution < -0.4 is 5.32 Å². The van der Waals surface area contributed by atoms with Crippen LogP contribution in [-0.4, -0.2) is 29.2 Å². The molecule has 1 aliphatic rings. The molecule has 7 heteroatoms. The van der Waals surface area contributed by atoms with Crippen LogP contribution in [0, 0.1) is 0 Å². The lowest BCUT2D eigenvalue weighted by atomic mass is 10.0. The number of nitrogens with zero attached hydrogens (tertiary/aromatic N) is 3. The van der Waals surface area contributed by atoms with Gasteiger partial charge in [0.05, 0.1) is 22.3 Å². The van der Waals surface area contributed by atoms with E-state index >= 15 is 0 Å². The smallest absolute Gasteiger partial charge is 0.244 e. The van der Waals surface area contributed by atoms with E-state index in [9.17, 15) is 8.42 Å². The highest BCUT2D eigenvalue weighted by molar-refractivity contribution is 7.89. The van der Waals surface area contributed by atoms with Crippen molar-refractivity contribution in [3.05, 3.63) is 115 Å². The molecule has 2 aromatic heterocycles. The Morgan fingerprint density at radius 1 is 0.833 bits per heavy atom. The summed E-state index contributed by atoms with van der Waals surface area (Å²) in [4.78, 5) is 9.41. The van der Waals surface area contributed by atoms with E-state index in [0.717, 1.165) is 39.1 Å². The number of hydrogen-bond donors (Lipinski definition) is 1. The molecule has 178 valence electrons. The van der Waals surface area contributed by atoms with Gasteiger partial charge in [-0.05, 0) is 41.8 Å². The molecule has 0 saturated heterocycles. The molecule has 0 radical (unpaired) electrons. The zero-order valence-electron chi connectivity index (χ0n) is 19.5. The number of aromatic nitrogens is 2. The Hall–Kier alpha value is -4.07. The maximum atomic E-state index is 13.8. The number of rotatable bonds is 5. The molecule has 6 rings (SSSR count). The standard InChI is InChI=1S/C29H24N4O2S/c34-36(35,28-13-7-5-11-25(28)21-8-2-1-3-9-21)33-17-15-26-23(20-33)14-16-30-29(26)32-24-18-22-10-4-6-12-27(22)31-19-24/h1-14,16,18-19H,15,17,20H2,(H,30,32). The van der Waals surface area contributed by atoms with Gasteiger partial charge in [0.25, 0.3) is 0 Å². The first-order chi connectivity index (χ1) is 17.6. The number of para-hydroxylation sites is 1. The third-order valence-corrected chi connectivity index (χ3v) is 8.46. The Labute approximate surface area is 210 Å². The molecule has 1 N–H and O–H groups in total. The van der Waals surface area contributed by atoms with Crippen LogP contribution in [0.4, 0.5) is 11.5 Å². The van der Waals surface area contributed by atoms with Gasteiger partial charge in [-0.1, -0.05) is 66.7 Å². The molecular formula is C29H24N4O2S. The Kier molecular flexibility index (Phi) is 5.71. The summed E-state index contributed by atoms with van der Waals surface area (Å²) in [6, 6.07) is 28.8. The van der Waals surface area contributed by atoms with Crippen LogP contribution in [0.3, 0.4) is 0 Å². The van der Waals surface area contributed by atoms with Gasteiger partial charge in [0.2, 0.25) is 10.0 Å². The van der Waals surface area contributed by atoms with E-state index < -0.39 is 10.0 Å². The van der Waals surface area contributed by atoms with Gasteiger partial charge in [0, 0.05) is 35.8 Å². The normalized spacial score (nSPS) is 13.9. The molecule has 0 amide bonds. The molecule has 0 aliphatic carbocycles.